The molecule has 0 radical (unpaired) electrons. The summed E-state index contributed by atoms with van der Waals surface area (Å²) in [6, 6.07) is 18.8. The fraction of sp³-hybridized carbons (Fsp3) is 0.176. The Morgan fingerprint density at radius 3 is 2.38 bits per heavy atom. The number of amides is 2. The first kappa shape index (κ1) is 29.6. The number of fused-ring (bicyclic) bond motifs is 1. The van der Waals surface area contributed by atoms with E-state index < -0.39 is 11.9 Å². The summed E-state index contributed by atoms with van der Waals surface area (Å²) >= 11 is 0. The van der Waals surface area contributed by atoms with Gasteiger partial charge in [0.1, 0.15) is 17.2 Å². The highest BCUT2D eigenvalue weighted by molar-refractivity contribution is 5.98. The Morgan fingerprint density at radius 1 is 0.933 bits per heavy atom. The van der Waals surface area contributed by atoms with Crippen molar-refractivity contribution in [1.82, 2.24) is 20.2 Å². The number of rotatable bonds is 7. The van der Waals surface area contributed by atoms with Crippen molar-refractivity contribution in [3.8, 4) is 22.3 Å². The van der Waals surface area contributed by atoms with Crippen LogP contribution in [0.15, 0.2) is 89.6 Å². The zero-order valence-corrected chi connectivity index (χ0v) is 24.0. The molecule has 1 saturated heterocycles. The highest BCUT2D eigenvalue weighted by atomic mass is 19.3. The van der Waals surface area contributed by atoms with Crippen molar-refractivity contribution in [1.29, 1.82) is 0 Å². The number of piperidine rings is 1. The number of carbonyl (C=O) groups excluding carboxylic acids is 2. The summed E-state index contributed by atoms with van der Waals surface area (Å²) in [5, 5.41) is 3.54. The minimum absolute atomic E-state index is 0.0128. The lowest BCUT2D eigenvalue weighted by atomic mass is 9.96. The third-order valence-electron chi connectivity index (χ3n) is 7.63. The molecule has 228 valence electrons. The van der Waals surface area contributed by atoms with Gasteiger partial charge in [-0.2, -0.15) is 4.39 Å². The van der Waals surface area contributed by atoms with Crippen LogP contribution in [0.5, 0.6) is 0 Å². The maximum Gasteiger partial charge on any atom is 0.253 e. The molecule has 1 aliphatic rings. The van der Waals surface area contributed by atoms with E-state index in [1.54, 1.807) is 54.7 Å². The van der Waals surface area contributed by atoms with E-state index in [4.69, 9.17) is 10.2 Å². The minimum atomic E-state index is -2.73. The Kier molecular flexibility index (Phi) is 8.08. The van der Waals surface area contributed by atoms with Gasteiger partial charge in [0, 0.05) is 66.5 Å². The van der Waals surface area contributed by atoms with Crippen molar-refractivity contribution < 1.29 is 27.2 Å². The Morgan fingerprint density at radius 2 is 1.69 bits per heavy atom. The van der Waals surface area contributed by atoms with Crippen molar-refractivity contribution in [3.63, 3.8) is 0 Å². The number of likely N-dealkylation sites (tertiary alicyclic amines) is 1. The Balaban J connectivity index is 1.24. The van der Waals surface area contributed by atoms with Crippen molar-refractivity contribution >= 4 is 34.7 Å². The third-order valence-corrected chi connectivity index (χ3v) is 7.63. The van der Waals surface area contributed by atoms with Crippen LogP contribution in [-0.4, -0.2) is 45.7 Å². The zero-order chi connectivity index (χ0) is 31.6. The van der Waals surface area contributed by atoms with Crippen molar-refractivity contribution in [3.05, 3.63) is 108 Å². The zero-order valence-electron chi connectivity index (χ0n) is 24.0. The lowest BCUT2D eigenvalue weighted by molar-refractivity contribution is -0.116. The van der Waals surface area contributed by atoms with E-state index in [1.165, 1.54) is 23.2 Å². The molecule has 3 aromatic heterocycles. The van der Waals surface area contributed by atoms with Gasteiger partial charge in [0.2, 0.25) is 11.9 Å². The molecule has 6 rings (SSSR count). The minimum Gasteiger partial charge on any atom is -0.459 e. The average Bonchev–Trinajstić information content (AvgIpc) is 3.46. The van der Waals surface area contributed by atoms with Gasteiger partial charge in [-0.1, -0.05) is 12.1 Å². The Labute approximate surface area is 256 Å². The van der Waals surface area contributed by atoms with E-state index in [-0.39, 0.29) is 44.3 Å². The molecule has 2 aromatic carbocycles. The molecular formula is C34H28F3N5O3. The van der Waals surface area contributed by atoms with Gasteiger partial charge in [0.05, 0.1) is 6.54 Å². The standard InChI is InChI=1S/C34H28F3N5O3/c35-29-8-7-24(19-39-29)28-17-25(22-3-5-23(6-4-22)33(44)42-13-11-34(36,37)12-14-42)15-26-16-27(45-32(26)28)20-41-31(43)10-2-21-1-9-30(38)40-18-21/h1-10,15-19H,11-14,20H2,(H2,38,40)(H,41,43). The molecule has 4 heterocycles. The number of anilines is 1. The second kappa shape index (κ2) is 12.3. The normalized spacial score (nSPS) is 14.6. The Hall–Kier alpha value is -5.45. The van der Waals surface area contributed by atoms with Crippen LogP contribution < -0.4 is 11.1 Å². The summed E-state index contributed by atoms with van der Waals surface area (Å²) in [7, 11) is 0. The average molecular weight is 612 g/mol. The van der Waals surface area contributed by atoms with Crippen LogP contribution >= 0.6 is 0 Å². The van der Waals surface area contributed by atoms with E-state index >= 15 is 0 Å². The van der Waals surface area contributed by atoms with E-state index in [2.05, 4.69) is 15.3 Å². The first-order valence-corrected chi connectivity index (χ1v) is 14.3. The van der Waals surface area contributed by atoms with Crippen molar-refractivity contribution in [2.75, 3.05) is 18.8 Å². The van der Waals surface area contributed by atoms with Crippen LogP contribution in [0.2, 0.25) is 0 Å². The van der Waals surface area contributed by atoms with Gasteiger partial charge in [-0.15, -0.1) is 0 Å². The number of carbonyl (C=O) groups is 2. The monoisotopic (exact) mass is 611 g/mol. The quantitative estimate of drug-likeness (QED) is 0.161. The molecule has 3 N–H and O–H groups in total. The predicted molar refractivity (Wildman–Crippen MR) is 164 cm³/mol. The van der Waals surface area contributed by atoms with Crippen LogP contribution in [0.4, 0.5) is 19.0 Å². The summed E-state index contributed by atoms with van der Waals surface area (Å²) in [5.74, 6) is -3.08. The molecule has 0 spiro atoms. The van der Waals surface area contributed by atoms with Gasteiger partial charge in [-0.3, -0.25) is 9.59 Å². The predicted octanol–water partition coefficient (Wildman–Crippen LogP) is 6.48. The molecule has 45 heavy (non-hydrogen) atoms. The molecule has 5 aromatic rings. The van der Waals surface area contributed by atoms with Crippen molar-refractivity contribution in [2.45, 2.75) is 25.3 Å². The van der Waals surface area contributed by atoms with Crippen molar-refractivity contribution in [2.24, 2.45) is 0 Å². The fourth-order valence-electron chi connectivity index (χ4n) is 5.15. The van der Waals surface area contributed by atoms with Crippen LogP contribution in [-0.2, 0) is 11.3 Å². The van der Waals surface area contributed by atoms with Gasteiger partial charge in [-0.25, -0.2) is 18.7 Å². The highest BCUT2D eigenvalue weighted by Gasteiger charge is 2.35. The van der Waals surface area contributed by atoms with E-state index in [9.17, 15) is 22.8 Å². The first-order valence-electron chi connectivity index (χ1n) is 14.3. The molecular weight excluding hydrogens is 583 g/mol. The number of nitrogens with one attached hydrogen (secondary N) is 1. The summed E-state index contributed by atoms with van der Waals surface area (Å²) in [5.41, 5.74) is 10.2. The fourth-order valence-corrected chi connectivity index (χ4v) is 5.15. The molecule has 0 aliphatic carbocycles. The van der Waals surface area contributed by atoms with Gasteiger partial charge in [0.25, 0.3) is 11.8 Å². The van der Waals surface area contributed by atoms with E-state index in [0.29, 0.717) is 33.9 Å². The molecule has 0 atom stereocenters. The summed E-state index contributed by atoms with van der Waals surface area (Å²) in [6.07, 6.45) is 5.30. The molecule has 1 fully saturated rings. The van der Waals surface area contributed by atoms with Gasteiger partial charge in [0.15, 0.2) is 0 Å². The topological polar surface area (TPSA) is 114 Å². The van der Waals surface area contributed by atoms with Crippen LogP contribution in [0, 0.1) is 5.95 Å². The number of nitrogen functional groups attached to an aromatic ring is 1. The summed E-state index contributed by atoms with van der Waals surface area (Å²) in [6.45, 7) is 0.144. The van der Waals surface area contributed by atoms with E-state index in [1.807, 2.05) is 18.2 Å². The molecule has 1 aliphatic heterocycles. The lowest BCUT2D eigenvalue weighted by Gasteiger charge is -2.31. The number of nitrogens with zero attached hydrogens (tertiary/aromatic N) is 3. The van der Waals surface area contributed by atoms with Gasteiger partial charge >= 0.3 is 0 Å². The van der Waals surface area contributed by atoms with Crippen LogP contribution in [0.3, 0.4) is 0 Å². The number of pyridine rings is 2. The molecule has 11 heteroatoms. The number of hydrogen-bond donors (Lipinski definition) is 2. The SMILES string of the molecule is Nc1ccc(C=CC(=O)NCc2cc3cc(-c4ccc(C(=O)N5CCC(F)(F)CC5)cc4)cc(-c4ccc(F)nc4)c3o2)cn1. The smallest absolute Gasteiger partial charge is 0.253 e. The second-order valence-electron chi connectivity index (χ2n) is 10.8. The molecule has 0 unspecified atom stereocenters. The summed E-state index contributed by atoms with van der Waals surface area (Å²) < 4.78 is 46.9. The molecule has 8 nitrogen and oxygen atoms in total. The first-order chi connectivity index (χ1) is 21.6. The van der Waals surface area contributed by atoms with Crippen LogP contribution in [0.1, 0.15) is 34.5 Å². The van der Waals surface area contributed by atoms with Gasteiger partial charge < -0.3 is 20.4 Å². The maximum absolute atomic E-state index is 13.6. The van der Waals surface area contributed by atoms with Gasteiger partial charge in [-0.05, 0) is 77.4 Å². The number of furan rings is 1. The largest absolute Gasteiger partial charge is 0.459 e. The van der Waals surface area contributed by atoms with Crippen LogP contribution in [0.25, 0.3) is 39.3 Å². The molecule has 2 amide bonds. The second-order valence-corrected chi connectivity index (χ2v) is 10.8. The highest BCUT2D eigenvalue weighted by Crippen LogP contribution is 2.36. The number of halogens is 3. The molecule has 0 saturated carbocycles. The number of aromatic nitrogens is 2. The maximum atomic E-state index is 13.6. The Bertz CT molecular complexity index is 1880. The van der Waals surface area contributed by atoms with E-state index in [0.717, 1.165) is 22.1 Å². The summed E-state index contributed by atoms with van der Waals surface area (Å²) in [4.78, 5) is 34.6. The molecule has 0 bridgehead atoms. The number of benzene rings is 2. The number of hydrogen-bond acceptors (Lipinski definition) is 6. The third kappa shape index (κ3) is 6.87. The number of alkyl halides is 2. The lowest BCUT2D eigenvalue weighted by Crippen LogP contribution is -2.42. The number of nitrogens with two attached hydrogens (primary N) is 1.